The molecule has 0 radical (unpaired) electrons. The van der Waals surface area contributed by atoms with Gasteiger partial charge in [0, 0.05) is 15.5 Å². The molecule has 2 rings (SSSR count). The van der Waals surface area contributed by atoms with Gasteiger partial charge in [-0.15, -0.1) is 0 Å². The van der Waals surface area contributed by atoms with E-state index in [1.807, 2.05) is 6.07 Å². The Hall–Kier alpha value is -0.830. The van der Waals surface area contributed by atoms with Gasteiger partial charge >= 0.3 is 0 Å². The molecule has 1 atom stereocenters. The molecule has 0 aromatic heterocycles. The summed E-state index contributed by atoms with van der Waals surface area (Å²) in [6, 6.07) is 15.1. The van der Waals surface area contributed by atoms with Crippen molar-refractivity contribution in [3.8, 4) is 0 Å². The van der Waals surface area contributed by atoms with E-state index in [4.69, 9.17) is 11.6 Å². The fourth-order valence-electron chi connectivity index (χ4n) is 2.45. The minimum atomic E-state index is 0.295. The molecule has 0 aliphatic heterocycles. The summed E-state index contributed by atoms with van der Waals surface area (Å²) in [6.45, 7) is 5.28. The Kier molecular flexibility index (Phi) is 6.28. The first kappa shape index (κ1) is 16.5. The molecule has 2 aromatic carbocycles. The van der Waals surface area contributed by atoms with E-state index in [1.165, 1.54) is 16.7 Å². The summed E-state index contributed by atoms with van der Waals surface area (Å²) in [5.41, 5.74) is 3.79. The van der Waals surface area contributed by atoms with E-state index >= 15 is 0 Å². The van der Waals surface area contributed by atoms with Crippen LogP contribution < -0.4 is 5.32 Å². The van der Waals surface area contributed by atoms with Crippen LogP contribution in [0.3, 0.4) is 0 Å². The van der Waals surface area contributed by atoms with Crippen molar-refractivity contribution >= 4 is 27.5 Å². The lowest BCUT2D eigenvalue weighted by atomic mass is 9.97. The van der Waals surface area contributed by atoms with E-state index < -0.39 is 0 Å². The number of aryl methyl sites for hydroxylation is 1. The smallest absolute Gasteiger partial charge is 0.0411 e. The fraction of sp³-hybridized carbons (Fsp3) is 0.333. The second-order valence-corrected chi connectivity index (χ2v) is 6.75. The molecule has 1 nitrogen and oxygen atoms in total. The first-order valence-corrected chi connectivity index (χ1v) is 8.50. The molecule has 3 heteroatoms. The Balaban J connectivity index is 2.22. The SMILES string of the molecule is CCCNC(Cc1ccc(Br)cc1)c1cc(C)cc(Cl)c1. The van der Waals surface area contributed by atoms with Gasteiger partial charge in [0.15, 0.2) is 0 Å². The Morgan fingerprint density at radius 3 is 2.48 bits per heavy atom. The van der Waals surface area contributed by atoms with Crippen molar-refractivity contribution in [3.63, 3.8) is 0 Å². The average Bonchev–Trinajstić information content (AvgIpc) is 2.44. The Labute approximate surface area is 140 Å². The summed E-state index contributed by atoms with van der Waals surface area (Å²) >= 11 is 9.70. The van der Waals surface area contributed by atoms with E-state index in [0.29, 0.717) is 6.04 Å². The highest BCUT2D eigenvalue weighted by Gasteiger charge is 2.12. The molecule has 0 saturated carbocycles. The summed E-state index contributed by atoms with van der Waals surface area (Å²) in [6.07, 6.45) is 2.09. The second kappa shape index (κ2) is 7.98. The number of nitrogens with one attached hydrogen (secondary N) is 1. The van der Waals surface area contributed by atoms with Gasteiger partial charge in [-0.2, -0.15) is 0 Å². The summed E-state index contributed by atoms with van der Waals surface area (Å²) in [7, 11) is 0. The lowest BCUT2D eigenvalue weighted by Crippen LogP contribution is -2.24. The number of hydrogen-bond acceptors (Lipinski definition) is 1. The topological polar surface area (TPSA) is 12.0 Å². The van der Waals surface area contributed by atoms with Crippen molar-refractivity contribution in [2.75, 3.05) is 6.54 Å². The largest absolute Gasteiger partial charge is 0.310 e. The van der Waals surface area contributed by atoms with Crippen LogP contribution in [-0.2, 0) is 6.42 Å². The van der Waals surface area contributed by atoms with Crippen molar-refractivity contribution in [3.05, 3.63) is 68.7 Å². The van der Waals surface area contributed by atoms with Gasteiger partial charge < -0.3 is 5.32 Å². The van der Waals surface area contributed by atoms with Crippen molar-refractivity contribution in [1.82, 2.24) is 5.32 Å². The maximum Gasteiger partial charge on any atom is 0.0411 e. The molecule has 0 heterocycles. The summed E-state index contributed by atoms with van der Waals surface area (Å²) in [4.78, 5) is 0. The molecule has 0 spiro atoms. The van der Waals surface area contributed by atoms with E-state index in [9.17, 15) is 0 Å². The second-order valence-electron chi connectivity index (χ2n) is 5.40. The fourth-order valence-corrected chi connectivity index (χ4v) is 3.01. The van der Waals surface area contributed by atoms with Crippen LogP contribution in [0.4, 0.5) is 0 Å². The third-order valence-corrected chi connectivity index (χ3v) is 4.21. The van der Waals surface area contributed by atoms with Crippen LogP contribution in [0, 0.1) is 6.92 Å². The van der Waals surface area contributed by atoms with E-state index in [0.717, 1.165) is 28.9 Å². The van der Waals surface area contributed by atoms with Crippen LogP contribution in [0.15, 0.2) is 46.9 Å². The Bertz CT molecular complexity index is 560. The van der Waals surface area contributed by atoms with Crippen molar-refractivity contribution in [2.24, 2.45) is 0 Å². The average molecular weight is 367 g/mol. The third kappa shape index (κ3) is 5.14. The number of rotatable bonds is 6. The molecule has 0 aliphatic rings. The van der Waals surface area contributed by atoms with Gasteiger partial charge in [-0.05, 0) is 67.3 Å². The highest BCUT2D eigenvalue weighted by molar-refractivity contribution is 9.10. The van der Waals surface area contributed by atoms with E-state index in [1.54, 1.807) is 0 Å². The van der Waals surface area contributed by atoms with Gasteiger partial charge in [-0.3, -0.25) is 0 Å². The molecule has 1 unspecified atom stereocenters. The Morgan fingerprint density at radius 1 is 1.14 bits per heavy atom. The van der Waals surface area contributed by atoms with Crippen LogP contribution in [0.1, 0.15) is 36.1 Å². The zero-order valence-electron chi connectivity index (χ0n) is 12.5. The zero-order chi connectivity index (χ0) is 15.2. The molecule has 112 valence electrons. The van der Waals surface area contributed by atoms with Crippen molar-refractivity contribution in [2.45, 2.75) is 32.7 Å². The minimum Gasteiger partial charge on any atom is -0.310 e. The first-order chi connectivity index (χ1) is 10.1. The van der Waals surface area contributed by atoms with Gasteiger partial charge in [-0.1, -0.05) is 52.7 Å². The molecular formula is C18H21BrClN. The molecule has 0 amide bonds. The number of hydrogen-bond donors (Lipinski definition) is 1. The summed E-state index contributed by atoms with van der Waals surface area (Å²) in [5.74, 6) is 0. The monoisotopic (exact) mass is 365 g/mol. The zero-order valence-corrected chi connectivity index (χ0v) is 14.8. The normalized spacial score (nSPS) is 12.4. The minimum absolute atomic E-state index is 0.295. The summed E-state index contributed by atoms with van der Waals surface area (Å²) in [5, 5.41) is 4.44. The third-order valence-electron chi connectivity index (χ3n) is 3.46. The maximum atomic E-state index is 6.22. The van der Waals surface area contributed by atoms with E-state index in [-0.39, 0.29) is 0 Å². The van der Waals surface area contributed by atoms with Crippen LogP contribution in [0.5, 0.6) is 0 Å². The molecule has 0 aliphatic carbocycles. The van der Waals surface area contributed by atoms with Crippen molar-refractivity contribution < 1.29 is 0 Å². The van der Waals surface area contributed by atoms with Crippen LogP contribution in [-0.4, -0.2) is 6.54 Å². The lowest BCUT2D eigenvalue weighted by molar-refractivity contribution is 0.529. The van der Waals surface area contributed by atoms with Crippen LogP contribution in [0.2, 0.25) is 5.02 Å². The molecule has 2 aromatic rings. The predicted molar refractivity (Wildman–Crippen MR) is 95.1 cm³/mol. The van der Waals surface area contributed by atoms with Gasteiger partial charge in [0.25, 0.3) is 0 Å². The highest BCUT2D eigenvalue weighted by atomic mass is 79.9. The van der Waals surface area contributed by atoms with Gasteiger partial charge in [0.05, 0.1) is 0 Å². The lowest BCUT2D eigenvalue weighted by Gasteiger charge is -2.20. The molecule has 0 fully saturated rings. The summed E-state index contributed by atoms with van der Waals surface area (Å²) < 4.78 is 1.11. The standard InChI is InChI=1S/C18H21BrClN/c1-3-8-21-18(11-14-4-6-16(19)7-5-14)15-9-13(2)10-17(20)12-15/h4-7,9-10,12,18,21H,3,8,11H2,1-2H3. The van der Waals surface area contributed by atoms with Crippen LogP contribution in [0.25, 0.3) is 0 Å². The van der Waals surface area contributed by atoms with Gasteiger partial charge in [0.1, 0.15) is 0 Å². The molecule has 0 bridgehead atoms. The quantitative estimate of drug-likeness (QED) is 0.692. The molecule has 0 saturated heterocycles. The number of halogens is 2. The first-order valence-electron chi connectivity index (χ1n) is 7.33. The molecule has 1 N–H and O–H groups in total. The van der Waals surface area contributed by atoms with E-state index in [2.05, 4.69) is 71.5 Å². The predicted octanol–water partition coefficient (Wildman–Crippen LogP) is 5.69. The van der Waals surface area contributed by atoms with Crippen molar-refractivity contribution in [1.29, 1.82) is 0 Å². The maximum absolute atomic E-state index is 6.22. The molecule has 21 heavy (non-hydrogen) atoms. The molecular weight excluding hydrogens is 346 g/mol. The Morgan fingerprint density at radius 2 is 1.86 bits per heavy atom. The number of benzene rings is 2. The highest BCUT2D eigenvalue weighted by Crippen LogP contribution is 2.24. The van der Waals surface area contributed by atoms with Gasteiger partial charge in [0.2, 0.25) is 0 Å². The van der Waals surface area contributed by atoms with Gasteiger partial charge in [-0.25, -0.2) is 0 Å². The van der Waals surface area contributed by atoms with Crippen LogP contribution >= 0.6 is 27.5 Å².